The monoisotopic (exact) mass is 478 g/mol. The SMILES string of the molecule is CCNC(=NCC1(CO)CC1)NCC(c1cccs1)N1CCCC1.I. The molecule has 1 aromatic heterocycles. The van der Waals surface area contributed by atoms with E-state index >= 15 is 0 Å². The molecule has 3 rings (SSSR count). The molecular weight excluding hydrogens is 447 g/mol. The third-order valence-electron chi connectivity index (χ3n) is 5.13. The number of aliphatic imine (C=N–C) groups is 1. The van der Waals surface area contributed by atoms with E-state index in [0.29, 0.717) is 12.6 Å². The van der Waals surface area contributed by atoms with Gasteiger partial charge in [-0.05, 0) is 57.1 Å². The highest BCUT2D eigenvalue weighted by Crippen LogP contribution is 2.45. The third kappa shape index (κ3) is 5.80. The smallest absolute Gasteiger partial charge is 0.191 e. The van der Waals surface area contributed by atoms with Gasteiger partial charge in [-0.15, -0.1) is 35.3 Å². The molecule has 2 heterocycles. The summed E-state index contributed by atoms with van der Waals surface area (Å²) in [6.45, 7) is 7.15. The Kier molecular flexibility index (Phi) is 8.44. The Balaban J connectivity index is 0.00000225. The Morgan fingerprint density at radius 3 is 2.68 bits per heavy atom. The van der Waals surface area contributed by atoms with Crippen molar-refractivity contribution in [1.82, 2.24) is 15.5 Å². The van der Waals surface area contributed by atoms with Gasteiger partial charge in [-0.25, -0.2) is 0 Å². The molecule has 1 unspecified atom stereocenters. The second-order valence-electron chi connectivity index (χ2n) is 7.01. The molecule has 1 saturated heterocycles. The fraction of sp³-hybridized carbons (Fsp3) is 0.722. The zero-order valence-electron chi connectivity index (χ0n) is 15.0. The van der Waals surface area contributed by atoms with Crippen LogP contribution in [0.1, 0.15) is 43.5 Å². The minimum absolute atomic E-state index is 0. The number of nitrogens with one attached hydrogen (secondary N) is 2. The summed E-state index contributed by atoms with van der Waals surface area (Å²) in [4.78, 5) is 8.72. The van der Waals surface area contributed by atoms with Crippen LogP contribution in [0.4, 0.5) is 0 Å². The molecule has 25 heavy (non-hydrogen) atoms. The van der Waals surface area contributed by atoms with Gasteiger partial charge in [0.1, 0.15) is 0 Å². The molecule has 142 valence electrons. The number of likely N-dealkylation sites (tertiary alicyclic amines) is 1. The molecule has 0 radical (unpaired) electrons. The van der Waals surface area contributed by atoms with Crippen LogP contribution in [0.5, 0.6) is 0 Å². The molecule has 1 saturated carbocycles. The fourth-order valence-corrected chi connectivity index (χ4v) is 4.13. The molecule has 1 aliphatic carbocycles. The molecule has 5 nitrogen and oxygen atoms in total. The van der Waals surface area contributed by atoms with Crippen molar-refractivity contribution in [2.24, 2.45) is 10.4 Å². The van der Waals surface area contributed by atoms with Crippen LogP contribution in [-0.2, 0) is 0 Å². The van der Waals surface area contributed by atoms with Crippen LogP contribution in [0, 0.1) is 5.41 Å². The Hall–Kier alpha value is -0.380. The van der Waals surface area contributed by atoms with Crippen molar-refractivity contribution in [3.05, 3.63) is 22.4 Å². The molecule has 2 fully saturated rings. The molecular formula is C18H31IN4OS. The van der Waals surface area contributed by atoms with E-state index in [-0.39, 0.29) is 36.0 Å². The van der Waals surface area contributed by atoms with Gasteiger partial charge < -0.3 is 15.7 Å². The number of aliphatic hydroxyl groups is 1. The lowest BCUT2D eigenvalue weighted by Gasteiger charge is -2.27. The van der Waals surface area contributed by atoms with Crippen LogP contribution in [-0.4, -0.2) is 55.3 Å². The van der Waals surface area contributed by atoms with Crippen LogP contribution in [0.15, 0.2) is 22.5 Å². The first-order valence-corrected chi connectivity index (χ1v) is 10.0. The summed E-state index contributed by atoms with van der Waals surface area (Å²) < 4.78 is 0. The van der Waals surface area contributed by atoms with Gasteiger partial charge in [0.15, 0.2) is 5.96 Å². The number of hydrogen-bond acceptors (Lipinski definition) is 4. The van der Waals surface area contributed by atoms with Gasteiger partial charge in [0.25, 0.3) is 0 Å². The maximum Gasteiger partial charge on any atom is 0.191 e. The topological polar surface area (TPSA) is 59.9 Å². The second kappa shape index (κ2) is 10.1. The van der Waals surface area contributed by atoms with Crippen LogP contribution in [0.25, 0.3) is 0 Å². The molecule has 1 aliphatic heterocycles. The van der Waals surface area contributed by atoms with Crippen LogP contribution < -0.4 is 10.6 Å². The maximum atomic E-state index is 9.47. The van der Waals surface area contributed by atoms with Crippen LogP contribution in [0.3, 0.4) is 0 Å². The van der Waals surface area contributed by atoms with E-state index in [1.165, 1.54) is 30.8 Å². The molecule has 2 aliphatic rings. The molecule has 1 atom stereocenters. The quantitative estimate of drug-likeness (QED) is 0.306. The number of rotatable bonds is 8. The highest BCUT2D eigenvalue weighted by atomic mass is 127. The number of halogens is 1. The van der Waals surface area contributed by atoms with E-state index in [4.69, 9.17) is 4.99 Å². The van der Waals surface area contributed by atoms with Crippen molar-refractivity contribution in [3.63, 3.8) is 0 Å². The normalized spacial score (nSPS) is 20.8. The van der Waals surface area contributed by atoms with Crippen molar-refractivity contribution in [1.29, 1.82) is 0 Å². The molecule has 0 aromatic carbocycles. The molecule has 1 aromatic rings. The van der Waals surface area contributed by atoms with Gasteiger partial charge in [0.05, 0.1) is 19.2 Å². The number of guanidine groups is 1. The lowest BCUT2D eigenvalue weighted by molar-refractivity contribution is 0.216. The summed E-state index contributed by atoms with van der Waals surface area (Å²) in [5, 5.41) is 18.5. The third-order valence-corrected chi connectivity index (χ3v) is 6.10. The zero-order chi connectivity index (χ0) is 16.8. The summed E-state index contributed by atoms with van der Waals surface area (Å²) in [6, 6.07) is 4.80. The number of thiophene rings is 1. The predicted molar refractivity (Wildman–Crippen MR) is 116 cm³/mol. The summed E-state index contributed by atoms with van der Waals surface area (Å²) in [5.41, 5.74) is 0.0600. The number of nitrogens with zero attached hydrogens (tertiary/aromatic N) is 2. The first kappa shape index (κ1) is 20.9. The average molecular weight is 478 g/mol. The second-order valence-corrected chi connectivity index (χ2v) is 7.99. The first-order chi connectivity index (χ1) is 11.8. The predicted octanol–water partition coefficient (Wildman–Crippen LogP) is 2.83. The molecule has 0 amide bonds. The van der Waals surface area contributed by atoms with E-state index in [1.54, 1.807) is 0 Å². The minimum atomic E-state index is 0. The van der Waals surface area contributed by atoms with E-state index in [9.17, 15) is 5.11 Å². The van der Waals surface area contributed by atoms with Crippen molar-refractivity contribution in [2.45, 2.75) is 38.6 Å². The van der Waals surface area contributed by atoms with Gasteiger partial charge in [0, 0.05) is 23.4 Å². The minimum Gasteiger partial charge on any atom is -0.396 e. The Bertz CT molecular complexity index is 527. The highest BCUT2D eigenvalue weighted by molar-refractivity contribution is 14.0. The molecule has 7 heteroatoms. The van der Waals surface area contributed by atoms with E-state index in [0.717, 1.165) is 31.9 Å². The van der Waals surface area contributed by atoms with Crippen molar-refractivity contribution in [2.75, 3.05) is 39.3 Å². The van der Waals surface area contributed by atoms with Gasteiger partial charge >= 0.3 is 0 Å². The summed E-state index contributed by atoms with van der Waals surface area (Å²) in [6.07, 6.45) is 4.79. The largest absolute Gasteiger partial charge is 0.396 e. The van der Waals surface area contributed by atoms with Gasteiger partial charge in [-0.3, -0.25) is 9.89 Å². The van der Waals surface area contributed by atoms with Gasteiger partial charge in [-0.2, -0.15) is 0 Å². The maximum absolute atomic E-state index is 9.47. The molecule has 0 bridgehead atoms. The average Bonchev–Trinajstić information content (AvgIpc) is 2.99. The van der Waals surface area contributed by atoms with E-state index < -0.39 is 0 Å². The summed E-state index contributed by atoms with van der Waals surface area (Å²) in [7, 11) is 0. The standard InChI is InChI=1S/C18H30N4OS.HI/c1-2-19-17(21-13-18(14-23)7-8-18)20-12-15(16-6-5-11-24-16)22-9-3-4-10-22;/h5-6,11,15,23H,2-4,7-10,12-14H2,1H3,(H2,19,20,21);1H. The Morgan fingerprint density at radius 2 is 2.12 bits per heavy atom. The number of hydrogen-bond donors (Lipinski definition) is 3. The Morgan fingerprint density at radius 1 is 1.36 bits per heavy atom. The van der Waals surface area contributed by atoms with Crippen LogP contribution in [0.2, 0.25) is 0 Å². The first-order valence-electron chi connectivity index (χ1n) is 9.17. The lowest BCUT2D eigenvalue weighted by Crippen LogP contribution is -2.42. The van der Waals surface area contributed by atoms with Gasteiger partial charge in [0.2, 0.25) is 0 Å². The molecule has 3 N–H and O–H groups in total. The van der Waals surface area contributed by atoms with Crippen molar-refractivity contribution >= 4 is 41.3 Å². The Labute approximate surface area is 172 Å². The van der Waals surface area contributed by atoms with Gasteiger partial charge in [-0.1, -0.05) is 6.07 Å². The highest BCUT2D eigenvalue weighted by Gasteiger charge is 2.41. The summed E-state index contributed by atoms with van der Waals surface area (Å²) >= 11 is 1.84. The lowest BCUT2D eigenvalue weighted by atomic mass is 10.1. The molecule has 0 spiro atoms. The van der Waals surface area contributed by atoms with E-state index in [1.807, 2.05) is 11.3 Å². The van der Waals surface area contributed by atoms with E-state index in [2.05, 4.69) is 40.0 Å². The summed E-state index contributed by atoms with van der Waals surface area (Å²) in [5.74, 6) is 0.873. The van der Waals surface area contributed by atoms with Crippen molar-refractivity contribution < 1.29 is 5.11 Å². The van der Waals surface area contributed by atoms with Crippen molar-refractivity contribution in [3.8, 4) is 0 Å². The zero-order valence-corrected chi connectivity index (χ0v) is 18.2. The number of aliphatic hydroxyl groups excluding tert-OH is 1. The van der Waals surface area contributed by atoms with Crippen LogP contribution >= 0.6 is 35.3 Å². The fourth-order valence-electron chi connectivity index (χ4n) is 3.27.